The van der Waals surface area contributed by atoms with Gasteiger partial charge in [-0.3, -0.25) is 4.79 Å². The number of hydrogen-bond donors (Lipinski definition) is 2. The molecule has 3 N–H and O–H groups in total. The van der Waals surface area contributed by atoms with Crippen LogP contribution in [0.4, 0.5) is 10.9 Å². The Bertz CT molecular complexity index is 493. The Morgan fingerprint density at radius 3 is 3.00 bits per heavy atom. The average molecular weight is 313 g/mol. The molecule has 118 valence electrons. The van der Waals surface area contributed by atoms with E-state index in [4.69, 9.17) is 10.5 Å². The van der Waals surface area contributed by atoms with Crippen LogP contribution in [0.5, 0.6) is 0 Å². The first-order valence-corrected chi connectivity index (χ1v) is 7.83. The molecule has 0 radical (unpaired) electrons. The molecule has 1 fully saturated rings. The van der Waals surface area contributed by atoms with Gasteiger partial charge in [-0.1, -0.05) is 11.3 Å². The number of hydrogen-bond acceptors (Lipinski definition) is 7. The second kappa shape index (κ2) is 7.06. The number of carbonyl (C=O) groups excluding carboxylic acids is 1. The molecule has 1 aliphatic rings. The van der Waals surface area contributed by atoms with Crippen molar-refractivity contribution in [3.05, 3.63) is 4.88 Å². The molecular weight excluding hydrogens is 290 g/mol. The summed E-state index contributed by atoms with van der Waals surface area (Å²) in [7, 11) is 3.71. The normalized spacial score (nSPS) is 19.8. The number of carbonyl (C=O) groups is 1. The van der Waals surface area contributed by atoms with E-state index in [1.807, 2.05) is 4.90 Å². The SMILES string of the molecule is COCCNc1nc(N)c(C(=O)N2CCN(C)CC2C)s1. The minimum Gasteiger partial charge on any atom is -0.383 e. The highest BCUT2D eigenvalue weighted by Gasteiger charge is 2.29. The van der Waals surface area contributed by atoms with Gasteiger partial charge in [0.15, 0.2) is 5.13 Å². The summed E-state index contributed by atoms with van der Waals surface area (Å²) in [5.41, 5.74) is 5.90. The van der Waals surface area contributed by atoms with Crippen molar-refractivity contribution in [1.29, 1.82) is 0 Å². The van der Waals surface area contributed by atoms with E-state index in [-0.39, 0.29) is 11.9 Å². The van der Waals surface area contributed by atoms with Crippen molar-refractivity contribution in [1.82, 2.24) is 14.8 Å². The number of amides is 1. The van der Waals surface area contributed by atoms with E-state index in [1.165, 1.54) is 11.3 Å². The molecule has 0 saturated carbocycles. The van der Waals surface area contributed by atoms with E-state index in [1.54, 1.807) is 7.11 Å². The topological polar surface area (TPSA) is 83.7 Å². The maximum absolute atomic E-state index is 12.6. The Balaban J connectivity index is 2.05. The lowest BCUT2D eigenvalue weighted by Gasteiger charge is -2.37. The van der Waals surface area contributed by atoms with Crippen LogP contribution in [0, 0.1) is 0 Å². The van der Waals surface area contributed by atoms with E-state index in [2.05, 4.69) is 29.2 Å². The second-order valence-electron chi connectivity index (χ2n) is 5.26. The first kappa shape index (κ1) is 16.0. The molecule has 1 aromatic rings. The number of methoxy groups -OCH3 is 1. The molecule has 1 aromatic heterocycles. The van der Waals surface area contributed by atoms with Gasteiger partial charge in [0.2, 0.25) is 0 Å². The largest absolute Gasteiger partial charge is 0.383 e. The summed E-state index contributed by atoms with van der Waals surface area (Å²) >= 11 is 1.31. The van der Waals surface area contributed by atoms with Crippen molar-refractivity contribution in [3.8, 4) is 0 Å². The zero-order valence-electron chi connectivity index (χ0n) is 12.8. The van der Waals surface area contributed by atoms with E-state index >= 15 is 0 Å². The van der Waals surface area contributed by atoms with Gasteiger partial charge >= 0.3 is 0 Å². The lowest BCUT2D eigenvalue weighted by Crippen LogP contribution is -2.52. The van der Waals surface area contributed by atoms with Gasteiger partial charge < -0.3 is 25.6 Å². The number of piperazine rings is 1. The third-order valence-electron chi connectivity index (χ3n) is 3.52. The third kappa shape index (κ3) is 3.84. The minimum atomic E-state index is -0.0228. The smallest absolute Gasteiger partial charge is 0.268 e. The van der Waals surface area contributed by atoms with E-state index < -0.39 is 0 Å². The molecule has 1 unspecified atom stereocenters. The quantitative estimate of drug-likeness (QED) is 0.773. The highest BCUT2D eigenvalue weighted by atomic mass is 32.1. The van der Waals surface area contributed by atoms with Crippen LogP contribution in [0.15, 0.2) is 0 Å². The van der Waals surface area contributed by atoms with Gasteiger partial charge in [0.1, 0.15) is 10.7 Å². The lowest BCUT2D eigenvalue weighted by molar-refractivity contribution is 0.0539. The lowest BCUT2D eigenvalue weighted by atomic mass is 10.2. The van der Waals surface area contributed by atoms with Crippen LogP contribution < -0.4 is 11.1 Å². The van der Waals surface area contributed by atoms with Crippen molar-refractivity contribution in [2.24, 2.45) is 0 Å². The van der Waals surface area contributed by atoms with Gasteiger partial charge in [0.25, 0.3) is 5.91 Å². The molecule has 21 heavy (non-hydrogen) atoms. The Hall–Kier alpha value is -1.38. The second-order valence-corrected chi connectivity index (χ2v) is 6.26. The van der Waals surface area contributed by atoms with Crippen molar-refractivity contribution >= 4 is 28.2 Å². The fourth-order valence-corrected chi connectivity index (χ4v) is 3.26. The number of nitrogen functional groups attached to an aromatic ring is 1. The Morgan fingerprint density at radius 1 is 1.57 bits per heavy atom. The van der Waals surface area contributed by atoms with Crippen molar-refractivity contribution in [3.63, 3.8) is 0 Å². The summed E-state index contributed by atoms with van der Waals surface area (Å²) in [6.45, 7) is 5.76. The van der Waals surface area contributed by atoms with Gasteiger partial charge in [0.05, 0.1) is 6.61 Å². The molecular formula is C13H23N5O2S. The number of nitrogens with zero attached hydrogens (tertiary/aromatic N) is 3. The summed E-state index contributed by atoms with van der Waals surface area (Å²) < 4.78 is 4.97. The molecule has 1 aliphatic heterocycles. The summed E-state index contributed by atoms with van der Waals surface area (Å²) in [4.78, 5) is 21.5. The fourth-order valence-electron chi connectivity index (χ4n) is 2.39. The van der Waals surface area contributed by atoms with Crippen molar-refractivity contribution in [2.75, 3.05) is 58.0 Å². The van der Waals surface area contributed by atoms with Crippen LogP contribution in [0.25, 0.3) is 0 Å². The number of thiazole rings is 1. The fraction of sp³-hybridized carbons (Fsp3) is 0.692. The van der Waals surface area contributed by atoms with Crippen LogP contribution in [0.2, 0.25) is 0 Å². The monoisotopic (exact) mass is 313 g/mol. The van der Waals surface area contributed by atoms with Crippen LogP contribution in [0.1, 0.15) is 16.6 Å². The van der Waals surface area contributed by atoms with Crippen LogP contribution in [0.3, 0.4) is 0 Å². The van der Waals surface area contributed by atoms with Gasteiger partial charge in [0, 0.05) is 39.3 Å². The predicted molar refractivity (Wildman–Crippen MR) is 84.9 cm³/mol. The van der Waals surface area contributed by atoms with E-state index in [0.29, 0.717) is 29.0 Å². The summed E-state index contributed by atoms with van der Waals surface area (Å²) in [6, 6.07) is 0.183. The molecule has 2 heterocycles. The molecule has 2 rings (SSSR count). The van der Waals surface area contributed by atoms with Crippen LogP contribution >= 0.6 is 11.3 Å². The Kier molecular flexibility index (Phi) is 5.38. The molecule has 0 bridgehead atoms. The Labute approximate surface area is 129 Å². The molecule has 7 nitrogen and oxygen atoms in total. The molecule has 1 saturated heterocycles. The standard InChI is InChI=1S/C13H23N5O2S/c1-9-8-17(2)5-6-18(9)12(19)10-11(14)16-13(21-10)15-4-7-20-3/h9H,4-8,14H2,1-3H3,(H,15,16). The first-order valence-electron chi connectivity index (χ1n) is 7.01. The maximum Gasteiger partial charge on any atom is 0.268 e. The predicted octanol–water partition coefficient (Wildman–Crippen LogP) is 0.560. The summed E-state index contributed by atoms with van der Waals surface area (Å²) in [5.74, 6) is 0.279. The zero-order chi connectivity index (χ0) is 15.4. The molecule has 0 spiro atoms. The zero-order valence-corrected chi connectivity index (χ0v) is 13.6. The summed E-state index contributed by atoms with van der Waals surface area (Å²) in [5, 5.41) is 3.77. The first-order chi connectivity index (χ1) is 10.0. The highest BCUT2D eigenvalue weighted by Crippen LogP contribution is 2.27. The number of rotatable bonds is 5. The number of aromatic nitrogens is 1. The molecule has 0 aromatic carbocycles. The number of nitrogens with one attached hydrogen (secondary N) is 1. The van der Waals surface area contributed by atoms with Gasteiger partial charge in [-0.25, -0.2) is 4.98 Å². The van der Waals surface area contributed by atoms with Gasteiger partial charge in [-0.15, -0.1) is 0 Å². The van der Waals surface area contributed by atoms with E-state index in [0.717, 1.165) is 19.6 Å². The molecule has 1 amide bonds. The van der Waals surface area contributed by atoms with Crippen molar-refractivity contribution < 1.29 is 9.53 Å². The number of anilines is 2. The molecule has 8 heteroatoms. The van der Waals surface area contributed by atoms with Crippen molar-refractivity contribution in [2.45, 2.75) is 13.0 Å². The van der Waals surface area contributed by atoms with Gasteiger partial charge in [-0.2, -0.15) is 0 Å². The molecule has 0 aliphatic carbocycles. The number of ether oxygens (including phenoxy) is 1. The van der Waals surface area contributed by atoms with Gasteiger partial charge in [-0.05, 0) is 14.0 Å². The minimum absolute atomic E-state index is 0.0228. The number of nitrogens with two attached hydrogens (primary N) is 1. The number of likely N-dealkylation sites (N-methyl/N-ethyl adjacent to an activating group) is 1. The molecule has 1 atom stereocenters. The average Bonchev–Trinajstić information content (AvgIpc) is 2.79. The maximum atomic E-state index is 12.6. The Morgan fingerprint density at radius 2 is 2.33 bits per heavy atom. The van der Waals surface area contributed by atoms with E-state index in [9.17, 15) is 4.79 Å². The third-order valence-corrected chi connectivity index (χ3v) is 4.54. The van der Waals surface area contributed by atoms with Crippen LogP contribution in [-0.4, -0.2) is 73.7 Å². The highest BCUT2D eigenvalue weighted by molar-refractivity contribution is 7.18. The summed E-state index contributed by atoms with van der Waals surface area (Å²) in [6.07, 6.45) is 0. The van der Waals surface area contributed by atoms with Crippen LogP contribution in [-0.2, 0) is 4.74 Å².